The van der Waals surface area contributed by atoms with Crippen LogP contribution in [0.15, 0.2) is 87.2 Å². The normalized spacial score (nSPS) is 11.0. The first kappa shape index (κ1) is 19.4. The fourth-order valence-electron chi connectivity index (χ4n) is 3.25. The molecule has 2 heterocycles. The fraction of sp³-hybridized carbons (Fsp3) is 0.0455. The third kappa shape index (κ3) is 3.59. The SMILES string of the molecule is Cc1c(Sc2ccccc2[N+](=O)[O-])c2ccccn2c1C(=O)c1ccc(Br)cc1. The Balaban J connectivity index is 1.87. The van der Waals surface area contributed by atoms with Crippen molar-refractivity contribution in [3.8, 4) is 0 Å². The number of carbonyl (C=O) groups excluding carboxylic acids is 1. The van der Waals surface area contributed by atoms with E-state index in [1.807, 2.05) is 47.9 Å². The minimum absolute atomic E-state index is 0.0490. The zero-order chi connectivity index (χ0) is 20.5. The summed E-state index contributed by atoms with van der Waals surface area (Å²) in [4.78, 5) is 25.7. The standard InChI is InChI=1S/C22H15BrN2O3S/c1-14-20(21(26)15-9-11-16(23)12-10-15)24-13-5-4-7-18(24)22(14)29-19-8-3-2-6-17(19)25(27)28/h2-13H,1H3. The highest BCUT2D eigenvalue weighted by Gasteiger charge is 2.24. The average molecular weight is 467 g/mol. The van der Waals surface area contributed by atoms with Gasteiger partial charge in [0.15, 0.2) is 0 Å². The van der Waals surface area contributed by atoms with E-state index in [1.165, 1.54) is 17.8 Å². The van der Waals surface area contributed by atoms with Crippen molar-refractivity contribution in [1.82, 2.24) is 4.40 Å². The van der Waals surface area contributed by atoms with Crippen LogP contribution in [0, 0.1) is 17.0 Å². The molecule has 4 aromatic rings. The first-order chi connectivity index (χ1) is 14.0. The number of nitro benzene ring substituents is 1. The molecule has 0 saturated carbocycles. The molecule has 0 bridgehead atoms. The number of nitro groups is 1. The molecule has 2 aromatic carbocycles. The van der Waals surface area contributed by atoms with Crippen LogP contribution in [0.25, 0.3) is 5.52 Å². The van der Waals surface area contributed by atoms with Crippen molar-refractivity contribution in [2.45, 2.75) is 16.7 Å². The Bertz CT molecular complexity index is 1250. The van der Waals surface area contributed by atoms with Crippen molar-refractivity contribution < 1.29 is 9.72 Å². The summed E-state index contributed by atoms with van der Waals surface area (Å²) >= 11 is 4.70. The van der Waals surface area contributed by atoms with Crippen molar-refractivity contribution >= 4 is 44.7 Å². The van der Waals surface area contributed by atoms with Crippen LogP contribution in [0.3, 0.4) is 0 Å². The first-order valence-corrected chi connectivity index (χ1v) is 10.4. The number of aromatic nitrogens is 1. The van der Waals surface area contributed by atoms with E-state index in [0.717, 1.165) is 20.4 Å². The fourth-order valence-corrected chi connectivity index (χ4v) is 4.65. The lowest BCUT2D eigenvalue weighted by molar-refractivity contribution is -0.387. The van der Waals surface area contributed by atoms with Gasteiger partial charge >= 0.3 is 0 Å². The number of rotatable bonds is 5. The first-order valence-electron chi connectivity index (χ1n) is 8.78. The van der Waals surface area contributed by atoms with Crippen molar-refractivity contribution in [2.75, 3.05) is 0 Å². The number of carbonyl (C=O) groups is 1. The Labute approximate surface area is 179 Å². The zero-order valence-corrected chi connectivity index (χ0v) is 17.7. The van der Waals surface area contributed by atoms with Crippen LogP contribution in [0.4, 0.5) is 5.69 Å². The molecule has 0 spiro atoms. The largest absolute Gasteiger partial charge is 0.312 e. The van der Waals surface area contributed by atoms with E-state index in [0.29, 0.717) is 16.2 Å². The van der Waals surface area contributed by atoms with Gasteiger partial charge in [0.25, 0.3) is 5.69 Å². The molecule has 0 saturated heterocycles. The van der Waals surface area contributed by atoms with Crippen LogP contribution in [0.2, 0.25) is 0 Å². The van der Waals surface area contributed by atoms with E-state index < -0.39 is 0 Å². The van der Waals surface area contributed by atoms with Gasteiger partial charge in [0.05, 0.1) is 21.0 Å². The monoisotopic (exact) mass is 466 g/mol. The number of halogens is 1. The number of ketones is 1. The second-order valence-corrected chi connectivity index (χ2v) is 8.39. The van der Waals surface area contributed by atoms with Gasteiger partial charge in [-0.15, -0.1) is 0 Å². The van der Waals surface area contributed by atoms with Gasteiger partial charge in [-0.2, -0.15) is 0 Å². The van der Waals surface area contributed by atoms with Crippen LogP contribution < -0.4 is 0 Å². The molecular formula is C22H15BrN2O3S. The number of para-hydroxylation sites is 1. The minimum Gasteiger partial charge on any atom is -0.312 e. The van der Waals surface area contributed by atoms with Gasteiger partial charge in [0.2, 0.25) is 5.78 Å². The third-order valence-corrected chi connectivity index (χ3v) is 6.44. The molecule has 0 radical (unpaired) electrons. The molecule has 0 fully saturated rings. The summed E-state index contributed by atoms with van der Waals surface area (Å²) in [5, 5.41) is 11.4. The molecule has 5 nitrogen and oxygen atoms in total. The second-order valence-electron chi connectivity index (χ2n) is 6.42. The highest BCUT2D eigenvalue weighted by molar-refractivity contribution is 9.10. The van der Waals surface area contributed by atoms with Crippen LogP contribution in [0.5, 0.6) is 0 Å². The maximum absolute atomic E-state index is 13.3. The van der Waals surface area contributed by atoms with Crippen LogP contribution in [0.1, 0.15) is 21.6 Å². The molecule has 0 aliphatic heterocycles. The highest BCUT2D eigenvalue weighted by atomic mass is 79.9. The van der Waals surface area contributed by atoms with Gasteiger partial charge in [-0.05, 0) is 55.0 Å². The molecule has 29 heavy (non-hydrogen) atoms. The number of hydrogen-bond donors (Lipinski definition) is 0. The topological polar surface area (TPSA) is 64.6 Å². The van der Waals surface area contributed by atoms with E-state index in [-0.39, 0.29) is 16.4 Å². The van der Waals surface area contributed by atoms with Crippen molar-refractivity contribution in [1.29, 1.82) is 0 Å². The number of benzene rings is 2. The van der Waals surface area contributed by atoms with Gasteiger partial charge in [-0.1, -0.05) is 45.9 Å². The van der Waals surface area contributed by atoms with Crippen LogP contribution in [-0.4, -0.2) is 15.1 Å². The second kappa shape index (κ2) is 7.85. The molecule has 2 aromatic heterocycles. The lowest BCUT2D eigenvalue weighted by Gasteiger charge is -2.04. The third-order valence-electron chi connectivity index (χ3n) is 4.62. The summed E-state index contributed by atoms with van der Waals surface area (Å²) < 4.78 is 2.76. The van der Waals surface area contributed by atoms with Gasteiger partial charge in [-0.3, -0.25) is 14.9 Å². The predicted molar refractivity (Wildman–Crippen MR) is 117 cm³/mol. The van der Waals surface area contributed by atoms with E-state index in [4.69, 9.17) is 0 Å². The molecule has 0 N–H and O–H groups in total. The lowest BCUT2D eigenvalue weighted by atomic mass is 10.1. The van der Waals surface area contributed by atoms with Crippen molar-refractivity contribution in [3.63, 3.8) is 0 Å². The molecule has 0 atom stereocenters. The molecule has 7 heteroatoms. The summed E-state index contributed by atoms with van der Waals surface area (Å²) in [6.45, 7) is 1.89. The van der Waals surface area contributed by atoms with E-state index >= 15 is 0 Å². The van der Waals surface area contributed by atoms with Crippen LogP contribution >= 0.6 is 27.7 Å². The highest BCUT2D eigenvalue weighted by Crippen LogP contribution is 2.41. The summed E-state index contributed by atoms with van der Waals surface area (Å²) in [6, 6.07) is 19.6. The molecule has 0 aliphatic carbocycles. The van der Waals surface area contributed by atoms with Gasteiger partial charge in [-0.25, -0.2) is 0 Å². The average Bonchev–Trinajstić information content (AvgIpc) is 3.00. The molecular weight excluding hydrogens is 452 g/mol. The summed E-state index contributed by atoms with van der Waals surface area (Å²) in [5.74, 6) is -0.0920. The Morgan fingerprint density at radius 3 is 2.45 bits per heavy atom. The zero-order valence-electron chi connectivity index (χ0n) is 15.3. The van der Waals surface area contributed by atoms with E-state index in [1.54, 1.807) is 30.3 Å². The number of hydrogen-bond acceptors (Lipinski definition) is 4. The Morgan fingerprint density at radius 2 is 1.72 bits per heavy atom. The maximum atomic E-state index is 13.3. The number of fused-ring (bicyclic) bond motifs is 1. The molecule has 144 valence electrons. The van der Waals surface area contributed by atoms with Gasteiger partial charge in [0, 0.05) is 27.2 Å². The summed E-state index contributed by atoms with van der Waals surface area (Å²) in [7, 11) is 0. The number of pyridine rings is 1. The Hall–Kier alpha value is -2.90. The molecule has 4 rings (SSSR count). The Kier molecular flexibility index (Phi) is 5.25. The smallest absolute Gasteiger partial charge is 0.283 e. The van der Waals surface area contributed by atoms with Gasteiger partial charge < -0.3 is 4.40 Å². The van der Waals surface area contributed by atoms with Crippen molar-refractivity contribution in [2.24, 2.45) is 0 Å². The van der Waals surface area contributed by atoms with E-state index in [9.17, 15) is 14.9 Å². The minimum atomic E-state index is -0.385. The van der Waals surface area contributed by atoms with Crippen LogP contribution in [-0.2, 0) is 0 Å². The Morgan fingerprint density at radius 1 is 1.03 bits per heavy atom. The quantitative estimate of drug-likeness (QED) is 0.196. The molecule has 0 unspecified atom stereocenters. The predicted octanol–water partition coefficient (Wildman–Crippen LogP) is 6.30. The van der Waals surface area contributed by atoms with E-state index in [2.05, 4.69) is 15.9 Å². The molecule has 0 amide bonds. The lowest BCUT2D eigenvalue weighted by Crippen LogP contribution is -2.06. The maximum Gasteiger partial charge on any atom is 0.283 e. The van der Waals surface area contributed by atoms with Crippen molar-refractivity contribution in [3.05, 3.63) is 104 Å². The summed E-state index contributed by atoms with van der Waals surface area (Å²) in [5.41, 5.74) is 2.83. The van der Waals surface area contributed by atoms with Gasteiger partial charge in [0.1, 0.15) is 0 Å². The summed E-state index contributed by atoms with van der Waals surface area (Å²) in [6.07, 6.45) is 1.85. The molecule has 0 aliphatic rings. The number of nitrogens with zero attached hydrogens (tertiary/aromatic N) is 2.